The number of fused-ring (bicyclic) bond motifs is 2. The SMILES string of the molecule is CC(C)(C)OC(=O)N1CCC[C@H](CNC(=O)[C@H]2C[C@@H](n3cc(Br)c4c(N)ncnc43)[C@@H]3OC(C)(C)O[C@@H]32)C1. The lowest BCUT2D eigenvalue weighted by atomic mass is 9.97. The minimum atomic E-state index is -0.808. The Labute approximate surface area is 230 Å². The lowest BCUT2D eigenvalue weighted by molar-refractivity contribution is -0.163. The summed E-state index contributed by atoms with van der Waals surface area (Å²) in [5, 5.41) is 3.89. The molecule has 0 spiro atoms. The first-order valence-corrected chi connectivity index (χ1v) is 14.0. The topological polar surface area (TPSA) is 134 Å². The van der Waals surface area contributed by atoms with Crippen molar-refractivity contribution >= 4 is 44.8 Å². The van der Waals surface area contributed by atoms with Crippen LogP contribution in [0.15, 0.2) is 17.0 Å². The van der Waals surface area contributed by atoms with Crippen LogP contribution in [0.2, 0.25) is 0 Å². The highest BCUT2D eigenvalue weighted by atomic mass is 79.9. The molecule has 1 saturated carbocycles. The van der Waals surface area contributed by atoms with Gasteiger partial charge < -0.3 is 34.7 Å². The maximum absolute atomic E-state index is 13.5. The van der Waals surface area contributed by atoms with E-state index in [-0.39, 0.29) is 30.1 Å². The van der Waals surface area contributed by atoms with Crippen LogP contribution in [0.5, 0.6) is 0 Å². The standard InChI is InChI=1S/C26H37BrN6O5/c1-25(2,3)38-24(35)32-8-6-7-14(11-32)10-29-23(34)15-9-17(20-19(15)36-26(4,5)37-20)33-12-16(27)18-21(28)30-13-31-22(18)33/h12-15,17,19-20H,6-11H2,1-5H3,(H,29,34)(H2,28,30,31)/t14-,15+,17-,19-,20+/m1/s1. The molecule has 0 radical (unpaired) electrons. The zero-order chi connectivity index (χ0) is 27.4. The van der Waals surface area contributed by atoms with E-state index >= 15 is 0 Å². The molecule has 1 aliphatic carbocycles. The third-order valence-corrected chi connectivity index (χ3v) is 8.06. The second-order valence-electron chi connectivity index (χ2n) is 12.0. The Morgan fingerprint density at radius 3 is 2.74 bits per heavy atom. The van der Waals surface area contributed by atoms with Crippen molar-refractivity contribution in [2.75, 3.05) is 25.4 Å². The Hall–Kier alpha value is -2.44. The quantitative estimate of drug-likeness (QED) is 0.549. The number of hydrogen-bond acceptors (Lipinski definition) is 8. The van der Waals surface area contributed by atoms with Crippen LogP contribution >= 0.6 is 15.9 Å². The van der Waals surface area contributed by atoms with Gasteiger partial charge in [-0.15, -0.1) is 0 Å². The number of nitrogens with one attached hydrogen (secondary N) is 1. The van der Waals surface area contributed by atoms with Crippen molar-refractivity contribution in [2.24, 2.45) is 11.8 Å². The molecule has 0 aromatic carbocycles. The van der Waals surface area contributed by atoms with E-state index in [1.165, 1.54) is 6.33 Å². The molecule has 0 unspecified atom stereocenters. The number of amides is 2. The Morgan fingerprint density at radius 1 is 1.26 bits per heavy atom. The highest BCUT2D eigenvalue weighted by Gasteiger charge is 2.57. The summed E-state index contributed by atoms with van der Waals surface area (Å²) in [6.07, 6.45) is 4.71. The molecular formula is C26H37BrN6O5. The van der Waals surface area contributed by atoms with E-state index in [4.69, 9.17) is 19.9 Å². The van der Waals surface area contributed by atoms with Crippen LogP contribution in [0.3, 0.4) is 0 Å². The van der Waals surface area contributed by atoms with Crippen LogP contribution < -0.4 is 11.1 Å². The minimum Gasteiger partial charge on any atom is -0.444 e. The summed E-state index contributed by atoms with van der Waals surface area (Å²) in [7, 11) is 0. The number of carbonyl (C=O) groups excluding carboxylic acids is 2. The van der Waals surface area contributed by atoms with Gasteiger partial charge in [-0.1, -0.05) is 0 Å². The van der Waals surface area contributed by atoms with Crippen molar-refractivity contribution in [3.8, 4) is 0 Å². The summed E-state index contributed by atoms with van der Waals surface area (Å²) in [4.78, 5) is 36.4. The number of aromatic nitrogens is 3. The first kappa shape index (κ1) is 27.1. The predicted molar refractivity (Wildman–Crippen MR) is 144 cm³/mol. The number of ether oxygens (including phenoxy) is 3. The zero-order valence-corrected chi connectivity index (χ0v) is 24.2. The van der Waals surface area contributed by atoms with Crippen molar-refractivity contribution in [3.05, 3.63) is 17.0 Å². The van der Waals surface area contributed by atoms with Gasteiger partial charge >= 0.3 is 6.09 Å². The Balaban J connectivity index is 1.29. The summed E-state index contributed by atoms with van der Waals surface area (Å²) in [6.45, 7) is 11.0. The third kappa shape index (κ3) is 5.35. The number of rotatable bonds is 4. The maximum Gasteiger partial charge on any atom is 0.410 e. The molecule has 12 heteroatoms. The van der Waals surface area contributed by atoms with Gasteiger partial charge in [-0.25, -0.2) is 14.8 Å². The van der Waals surface area contributed by atoms with Crippen molar-refractivity contribution in [1.29, 1.82) is 0 Å². The van der Waals surface area contributed by atoms with Gasteiger partial charge in [0.1, 0.15) is 35.6 Å². The van der Waals surface area contributed by atoms with Crippen LogP contribution in [0.25, 0.3) is 11.0 Å². The molecule has 11 nitrogen and oxygen atoms in total. The number of halogens is 1. The molecule has 2 aliphatic heterocycles. The lowest BCUT2D eigenvalue weighted by Gasteiger charge is -2.34. The second-order valence-corrected chi connectivity index (χ2v) is 12.9. The molecule has 2 aromatic rings. The van der Waals surface area contributed by atoms with Crippen LogP contribution in [-0.2, 0) is 19.0 Å². The van der Waals surface area contributed by atoms with Crippen molar-refractivity contribution in [2.45, 2.75) is 83.5 Å². The van der Waals surface area contributed by atoms with E-state index in [0.717, 1.165) is 22.7 Å². The summed E-state index contributed by atoms with van der Waals surface area (Å²) < 4.78 is 20.9. The fourth-order valence-corrected chi connectivity index (χ4v) is 6.50. The number of piperidine rings is 1. The second kappa shape index (κ2) is 9.95. The molecule has 38 heavy (non-hydrogen) atoms. The van der Waals surface area contributed by atoms with Crippen molar-refractivity contribution in [1.82, 2.24) is 24.8 Å². The summed E-state index contributed by atoms with van der Waals surface area (Å²) in [5.41, 5.74) is 6.27. The Bertz CT molecular complexity index is 1230. The van der Waals surface area contributed by atoms with Gasteiger partial charge in [0.15, 0.2) is 5.79 Å². The van der Waals surface area contributed by atoms with Gasteiger partial charge in [0.05, 0.1) is 17.3 Å². The van der Waals surface area contributed by atoms with Crippen LogP contribution in [-0.4, -0.2) is 74.7 Å². The molecule has 208 valence electrons. The molecule has 5 atom stereocenters. The van der Waals surface area contributed by atoms with E-state index in [9.17, 15) is 9.59 Å². The van der Waals surface area contributed by atoms with E-state index in [1.807, 2.05) is 45.4 Å². The van der Waals surface area contributed by atoms with Gasteiger partial charge in [-0.3, -0.25) is 4.79 Å². The molecule has 2 saturated heterocycles. The number of carbonyl (C=O) groups is 2. The Morgan fingerprint density at radius 2 is 2.00 bits per heavy atom. The molecule has 3 N–H and O–H groups in total. The molecule has 4 heterocycles. The average molecular weight is 594 g/mol. The Kier molecular flexibility index (Phi) is 7.10. The molecule has 0 bridgehead atoms. The number of nitrogens with two attached hydrogens (primary N) is 1. The average Bonchev–Trinajstić information content (AvgIpc) is 3.45. The molecule has 2 amide bonds. The fourth-order valence-electron chi connectivity index (χ4n) is 5.90. The smallest absolute Gasteiger partial charge is 0.410 e. The van der Waals surface area contributed by atoms with Crippen molar-refractivity contribution < 1.29 is 23.8 Å². The monoisotopic (exact) mass is 592 g/mol. The van der Waals surface area contributed by atoms with Crippen LogP contribution in [0.4, 0.5) is 10.6 Å². The molecular weight excluding hydrogens is 556 g/mol. The molecule has 3 fully saturated rings. The minimum absolute atomic E-state index is 0.0668. The normalized spacial score (nSPS) is 28.9. The zero-order valence-electron chi connectivity index (χ0n) is 22.6. The number of nitrogen functional groups attached to an aromatic ring is 1. The number of nitrogens with zero attached hydrogens (tertiary/aromatic N) is 4. The highest BCUT2D eigenvalue weighted by molar-refractivity contribution is 9.10. The van der Waals surface area contributed by atoms with Crippen LogP contribution in [0, 0.1) is 11.8 Å². The highest BCUT2D eigenvalue weighted by Crippen LogP contribution is 2.48. The third-order valence-electron chi connectivity index (χ3n) is 7.46. The van der Waals surface area contributed by atoms with Crippen molar-refractivity contribution in [3.63, 3.8) is 0 Å². The molecule has 5 rings (SSSR count). The predicted octanol–water partition coefficient (Wildman–Crippen LogP) is 3.62. The number of anilines is 1. The molecule has 2 aromatic heterocycles. The first-order valence-electron chi connectivity index (χ1n) is 13.2. The van der Waals surface area contributed by atoms with E-state index in [0.29, 0.717) is 37.5 Å². The van der Waals surface area contributed by atoms with Gasteiger partial charge in [0.2, 0.25) is 5.91 Å². The fraction of sp³-hybridized carbons (Fsp3) is 0.692. The number of likely N-dealkylation sites (tertiary alicyclic amines) is 1. The largest absolute Gasteiger partial charge is 0.444 e. The number of hydrogen-bond donors (Lipinski definition) is 2. The summed E-state index contributed by atoms with van der Waals surface area (Å²) in [6, 6.07) is -0.169. The van der Waals surface area contributed by atoms with Gasteiger partial charge in [0, 0.05) is 30.3 Å². The van der Waals surface area contributed by atoms with E-state index in [2.05, 4.69) is 31.2 Å². The van der Waals surface area contributed by atoms with Gasteiger partial charge in [-0.2, -0.15) is 0 Å². The lowest BCUT2D eigenvalue weighted by Crippen LogP contribution is -2.46. The molecule has 3 aliphatic rings. The van der Waals surface area contributed by atoms with Crippen LogP contribution in [0.1, 0.15) is 59.9 Å². The maximum atomic E-state index is 13.5. The van der Waals surface area contributed by atoms with Gasteiger partial charge in [-0.05, 0) is 75.7 Å². The van der Waals surface area contributed by atoms with E-state index < -0.39 is 23.4 Å². The van der Waals surface area contributed by atoms with E-state index in [1.54, 1.807) is 4.90 Å². The summed E-state index contributed by atoms with van der Waals surface area (Å²) >= 11 is 3.59. The van der Waals surface area contributed by atoms with Gasteiger partial charge in [0.25, 0.3) is 0 Å². The first-order chi connectivity index (χ1) is 17.8. The summed E-state index contributed by atoms with van der Waals surface area (Å²) in [5.74, 6) is -0.718.